The molecule has 0 aromatic carbocycles. The molecule has 0 fully saturated rings. The summed E-state index contributed by atoms with van der Waals surface area (Å²) in [6.45, 7) is 12.9. The van der Waals surface area contributed by atoms with Gasteiger partial charge in [0.15, 0.2) is 0 Å². The average molecular weight is 592 g/mol. The molecule has 1 heterocycles. The molecule has 0 spiro atoms. The van der Waals surface area contributed by atoms with E-state index in [2.05, 4.69) is 15.6 Å². The fraction of sp³-hybridized carbons (Fsp3) is 0.533. The number of amides is 2. The van der Waals surface area contributed by atoms with Crippen molar-refractivity contribution in [1.29, 1.82) is 0 Å². The lowest BCUT2D eigenvalue weighted by molar-refractivity contribution is -0.171. The summed E-state index contributed by atoms with van der Waals surface area (Å²) < 4.78 is 30.2. The van der Waals surface area contributed by atoms with Gasteiger partial charge in [0.2, 0.25) is 6.10 Å². The SMILES string of the molecule is C/C=C(\NC(=O)c1cc(F)cc(CNC(=O)OC(C)(C)C)n1)C(=O)O[C@H](C(=O)O[C@H](/C=C/CCC)CC(C)=O)C(C)C. The number of carbonyl (C=O) groups is 5. The number of nitrogens with one attached hydrogen (secondary N) is 2. The molecule has 12 heteroatoms. The van der Waals surface area contributed by atoms with E-state index in [1.54, 1.807) is 40.7 Å². The van der Waals surface area contributed by atoms with Crippen molar-refractivity contribution in [2.75, 3.05) is 0 Å². The Morgan fingerprint density at radius 1 is 1.10 bits per heavy atom. The summed E-state index contributed by atoms with van der Waals surface area (Å²) in [4.78, 5) is 66.3. The number of hydrogen-bond donors (Lipinski definition) is 2. The number of ketones is 1. The number of esters is 2. The van der Waals surface area contributed by atoms with Gasteiger partial charge in [-0.25, -0.2) is 23.8 Å². The third-order valence-electron chi connectivity index (χ3n) is 5.28. The van der Waals surface area contributed by atoms with E-state index in [4.69, 9.17) is 14.2 Å². The van der Waals surface area contributed by atoms with E-state index in [0.29, 0.717) is 0 Å². The number of nitrogens with zero attached hydrogens (tertiary/aromatic N) is 1. The van der Waals surface area contributed by atoms with Crippen molar-refractivity contribution in [2.45, 2.75) is 99.0 Å². The Morgan fingerprint density at radius 3 is 2.31 bits per heavy atom. The minimum atomic E-state index is -1.34. The number of unbranched alkanes of at least 4 members (excludes halogenated alkanes) is 1. The first-order valence-corrected chi connectivity index (χ1v) is 13.7. The van der Waals surface area contributed by atoms with Crippen LogP contribution in [0.25, 0.3) is 0 Å². The predicted octanol–water partition coefficient (Wildman–Crippen LogP) is 4.69. The first-order valence-electron chi connectivity index (χ1n) is 13.7. The summed E-state index contributed by atoms with van der Waals surface area (Å²) in [6, 6.07) is 1.90. The fourth-order valence-corrected chi connectivity index (χ4v) is 3.36. The van der Waals surface area contributed by atoms with Crippen LogP contribution in [0.15, 0.2) is 36.1 Å². The molecule has 232 valence electrons. The van der Waals surface area contributed by atoms with Gasteiger partial charge in [-0.1, -0.05) is 39.3 Å². The van der Waals surface area contributed by atoms with Crippen molar-refractivity contribution < 1.29 is 42.6 Å². The van der Waals surface area contributed by atoms with Gasteiger partial charge in [-0.05, 0) is 53.2 Å². The quantitative estimate of drug-likeness (QED) is 0.136. The highest BCUT2D eigenvalue weighted by Gasteiger charge is 2.31. The Balaban J connectivity index is 2.97. The van der Waals surface area contributed by atoms with E-state index >= 15 is 0 Å². The van der Waals surface area contributed by atoms with Crippen molar-refractivity contribution in [2.24, 2.45) is 5.92 Å². The Labute approximate surface area is 246 Å². The molecule has 1 aromatic rings. The molecule has 1 rings (SSSR count). The molecule has 0 aliphatic rings. The van der Waals surface area contributed by atoms with Crippen molar-refractivity contribution in [3.05, 3.63) is 53.3 Å². The molecule has 0 saturated carbocycles. The topological polar surface area (TPSA) is 150 Å². The van der Waals surface area contributed by atoms with Gasteiger partial charge in [-0.3, -0.25) is 9.59 Å². The van der Waals surface area contributed by atoms with Crippen molar-refractivity contribution in [3.8, 4) is 0 Å². The van der Waals surface area contributed by atoms with Crippen LogP contribution in [0.5, 0.6) is 0 Å². The highest BCUT2D eigenvalue weighted by molar-refractivity contribution is 6.00. The summed E-state index contributed by atoms with van der Waals surface area (Å²) in [7, 11) is 0. The Hall–Kier alpha value is -4.09. The average Bonchev–Trinajstić information content (AvgIpc) is 2.87. The van der Waals surface area contributed by atoms with E-state index in [1.165, 1.54) is 19.9 Å². The number of aromatic nitrogens is 1. The van der Waals surface area contributed by atoms with Gasteiger partial charge in [0, 0.05) is 18.4 Å². The molecule has 0 aliphatic heterocycles. The van der Waals surface area contributed by atoms with Gasteiger partial charge >= 0.3 is 18.0 Å². The molecule has 2 atom stereocenters. The largest absolute Gasteiger partial charge is 0.455 e. The lowest BCUT2D eigenvalue weighted by atomic mass is 10.1. The molecule has 11 nitrogen and oxygen atoms in total. The number of ether oxygens (including phenoxy) is 3. The summed E-state index contributed by atoms with van der Waals surface area (Å²) in [5.74, 6) is -4.28. The molecule has 0 radical (unpaired) electrons. The number of Topliss-reactive ketones (excluding diaryl/α,β-unsaturated/α-hetero) is 1. The number of pyridine rings is 1. The molecule has 42 heavy (non-hydrogen) atoms. The number of allylic oxidation sites excluding steroid dienone is 2. The van der Waals surface area contributed by atoms with Gasteiger partial charge in [0.05, 0.1) is 12.2 Å². The second-order valence-electron chi connectivity index (χ2n) is 10.8. The van der Waals surface area contributed by atoms with Crippen LogP contribution in [0.4, 0.5) is 9.18 Å². The fourth-order valence-electron chi connectivity index (χ4n) is 3.36. The summed E-state index contributed by atoms with van der Waals surface area (Å²) in [6.07, 6.45) is 3.36. The van der Waals surface area contributed by atoms with Gasteiger partial charge in [-0.2, -0.15) is 0 Å². The maximum atomic E-state index is 14.2. The molecular weight excluding hydrogens is 549 g/mol. The number of hydrogen-bond acceptors (Lipinski definition) is 9. The molecule has 2 N–H and O–H groups in total. The van der Waals surface area contributed by atoms with Crippen LogP contribution in [0, 0.1) is 11.7 Å². The van der Waals surface area contributed by atoms with E-state index < -0.39 is 53.5 Å². The smallest absolute Gasteiger partial charge is 0.407 e. The molecule has 0 aliphatic carbocycles. The third kappa shape index (κ3) is 13.5. The first-order chi connectivity index (χ1) is 19.6. The maximum absolute atomic E-state index is 14.2. The maximum Gasteiger partial charge on any atom is 0.407 e. The zero-order valence-corrected chi connectivity index (χ0v) is 25.5. The zero-order valence-electron chi connectivity index (χ0n) is 25.5. The van der Waals surface area contributed by atoms with Crippen molar-refractivity contribution in [1.82, 2.24) is 15.6 Å². The lowest BCUT2D eigenvalue weighted by Crippen LogP contribution is -2.38. The van der Waals surface area contributed by atoms with E-state index in [0.717, 1.165) is 25.0 Å². The van der Waals surface area contributed by atoms with Crippen LogP contribution in [-0.2, 0) is 35.1 Å². The molecular formula is C30H42FN3O8. The van der Waals surface area contributed by atoms with Gasteiger partial charge in [0.1, 0.15) is 34.7 Å². The number of alkyl carbamates (subject to hydrolysis) is 1. The molecule has 0 saturated heterocycles. The molecule has 0 bridgehead atoms. The summed E-state index contributed by atoms with van der Waals surface area (Å²) in [5.41, 5.74) is -1.39. The van der Waals surface area contributed by atoms with Crippen LogP contribution in [0.3, 0.4) is 0 Å². The minimum absolute atomic E-state index is 0.0309. The van der Waals surface area contributed by atoms with E-state index in [9.17, 15) is 28.4 Å². The van der Waals surface area contributed by atoms with Crippen LogP contribution >= 0.6 is 0 Å². The predicted molar refractivity (Wildman–Crippen MR) is 152 cm³/mol. The van der Waals surface area contributed by atoms with Crippen LogP contribution in [0.1, 0.15) is 90.8 Å². The second-order valence-corrected chi connectivity index (χ2v) is 10.8. The number of rotatable bonds is 14. The standard InChI is InChI=1S/C30H42FN3O8/c1-9-11-12-13-22(14-19(5)35)40-28(38)25(18(3)4)41-27(37)23(10-2)34-26(36)24-16-20(31)15-21(33-24)17-32-29(39)42-30(6,7)8/h10,12-13,15-16,18,22,25H,9,11,14,17H2,1-8H3,(H,32,39)(H,34,36)/b13-12+,23-10-/t22-,25+/m1/s1. The van der Waals surface area contributed by atoms with E-state index in [1.807, 2.05) is 13.0 Å². The zero-order chi connectivity index (χ0) is 32.0. The van der Waals surface area contributed by atoms with Crippen molar-refractivity contribution in [3.63, 3.8) is 0 Å². The molecule has 1 aromatic heterocycles. The summed E-state index contributed by atoms with van der Waals surface area (Å²) in [5, 5.41) is 4.74. The first kappa shape index (κ1) is 35.9. The second kappa shape index (κ2) is 17.0. The van der Waals surface area contributed by atoms with Crippen LogP contribution in [0.2, 0.25) is 0 Å². The van der Waals surface area contributed by atoms with E-state index in [-0.39, 0.29) is 35.8 Å². The highest BCUT2D eigenvalue weighted by atomic mass is 19.1. The monoisotopic (exact) mass is 591 g/mol. The third-order valence-corrected chi connectivity index (χ3v) is 5.28. The Bertz CT molecular complexity index is 1190. The summed E-state index contributed by atoms with van der Waals surface area (Å²) >= 11 is 0. The highest BCUT2D eigenvalue weighted by Crippen LogP contribution is 2.15. The molecule has 2 amide bonds. The molecule has 0 unspecified atom stereocenters. The van der Waals surface area contributed by atoms with Gasteiger partial charge in [-0.15, -0.1) is 0 Å². The lowest BCUT2D eigenvalue weighted by Gasteiger charge is -2.23. The van der Waals surface area contributed by atoms with Crippen LogP contribution in [-0.4, -0.2) is 52.5 Å². The normalized spacial score (nSPS) is 13.3. The van der Waals surface area contributed by atoms with Crippen LogP contribution < -0.4 is 10.6 Å². The van der Waals surface area contributed by atoms with Gasteiger partial charge < -0.3 is 24.8 Å². The Morgan fingerprint density at radius 2 is 1.76 bits per heavy atom. The minimum Gasteiger partial charge on any atom is -0.455 e. The number of carbonyl (C=O) groups excluding carboxylic acids is 5. The number of halogens is 1. The van der Waals surface area contributed by atoms with Gasteiger partial charge in [0.25, 0.3) is 5.91 Å². The van der Waals surface area contributed by atoms with Crippen molar-refractivity contribution >= 4 is 29.7 Å². The Kier molecular flexibility index (Phi) is 14.5.